The number of aromatic nitrogens is 1. The Labute approximate surface area is 171 Å². The molecule has 1 aromatic heterocycles. The Balaban J connectivity index is 1.55. The molecular weight excluding hydrogens is 364 g/mol. The average Bonchev–Trinajstić information content (AvgIpc) is 2.74. The molecule has 150 valence electrons. The lowest BCUT2D eigenvalue weighted by molar-refractivity contribution is 0.0950. The van der Waals surface area contributed by atoms with Gasteiger partial charge in [-0.3, -0.25) is 9.78 Å². The van der Waals surface area contributed by atoms with E-state index >= 15 is 0 Å². The van der Waals surface area contributed by atoms with Crippen LogP contribution in [0.2, 0.25) is 0 Å². The predicted molar refractivity (Wildman–Crippen MR) is 116 cm³/mol. The van der Waals surface area contributed by atoms with Crippen molar-refractivity contribution in [1.82, 2.24) is 15.2 Å². The van der Waals surface area contributed by atoms with Gasteiger partial charge >= 0.3 is 0 Å². The molecule has 6 nitrogen and oxygen atoms in total. The molecule has 0 unspecified atom stereocenters. The number of ether oxygens (including phenoxy) is 1. The largest absolute Gasteiger partial charge is 0.489 e. The maximum absolute atomic E-state index is 12.3. The van der Waals surface area contributed by atoms with Crippen LogP contribution in [0.3, 0.4) is 0 Å². The Hall–Kier alpha value is -3.38. The molecule has 3 rings (SSSR count). The van der Waals surface area contributed by atoms with Crippen molar-refractivity contribution in [2.75, 3.05) is 32.5 Å². The fraction of sp³-hybridized carbons (Fsp3) is 0.217. The topological polar surface area (TPSA) is 66.5 Å². The molecule has 0 radical (unpaired) electrons. The SMILES string of the molecule is CN(C)CCNC(=O)c1cncc(Nc2ccc(OCc3ccccc3)cc2)c1. The van der Waals surface area contributed by atoms with E-state index in [1.165, 1.54) is 0 Å². The van der Waals surface area contributed by atoms with E-state index in [1.54, 1.807) is 18.5 Å². The van der Waals surface area contributed by atoms with Crippen LogP contribution in [0.4, 0.5) is 11.4 Å². The van der Waals surface area contributed by atoms with Gasteiger partial charge in [0.05, 0.1) is 17.4 Å². The summed E-state index contributed by atoms with van der Waals surface area (Å²) in [6.07, 6.45) is 3.26. The van der Waals surface area contributed by atoms with Crippen molar-refractivity contribution in [1.29, 1.82) is 0 Å². The van der Waals surface area contributed by atoms with Crippen molar-refractivity contribution in [3.05, 3.63) is 84.2 Å². The molecule has 0 aliphatic carbocycles. The summed E-state index contributed by atoms with van der Waals surface area (Å²) >= 11 is 0. The number of amides is 1. The molecular formula is C23H26N4O2. The first-order valence-electron chi connectivity index (χ1n) is 9.52. The van der Waals surface area contributed by atoms with Crippen molar-refractivity contribution >= 4 is 17.3 Å². The Bertz CT molecular complexity index is 912. The Morgan fingerprint density at radius 1 is 1.00 bits per heavy atom. The highest BCUT2D eigenvalue weighted by Crippen LogP contribution is 2.21. The molecule has 1 heterocycles. The quantitative estimate of drug-likeness (QED) is 0.583. The number of carbonyl (C=O) groups excluding carboxylic acids is 1. The van der Waals surface area contributed by atoms with Crippen LogP contribution in [0.15, 0.2) is 73.1 Å². The number of carbonyl (C=O) groups is 1. The summed E-state index contributed by atoms with van der Waals surface area (Å²) in [6.45, 7) is 1.91. The lowest BCUT2D eigenvalue weighted by Gasteiger charge is -2.11. The zero-order valence-corrected chi connectivity index (χ0v) is 16.8. The number of pyridine rings is 1. The first-order valence-corrected chi connectivity index (χ1v) is 9.52. The zero-order chi connectivity index (χ0) is 20.5. The van der Waals surface area contributed by atoms with Gasteiger partial charge in [0.15, 0.2) is 0 Å². The molecule has 3 aromatic rings. The van der Waals surface area contributed by atoms with Crippen molar-refractivity contribution in [2.24, 2.45) is 0 Å². The van der Waals surface area contributed by atoms with E-state index in [1.807, 2.05) is 73.6 Å². The van der Waals surface area contributed by atoms with Gasteiger partial charge in [-0.25, -0.2) is 0 Å². The van der Waals surface area contributed by atoms with Crippen LogP contribution in [0.1, 0.15) is 15.9 Å². The predicted octanol–water partition coefficient (Wildman–Crippen LogP) is 3.70. The summed E-state index contributed by atoms with van der Waals surface area (Å²) in [5, 5.41) is 6.16. The Morgan fingerprint density at radius 2 is 1.76 bits per heavy atom. The second-order valence-electron chi connectivity index (χ2n) is 6.95. The van der Waals surface area contributed by atoms with Crippen molar-refractivity contribution < 1.29 is 9.53 Å². The summed E-state index contributed by atoms with van der Waals surface area (Å²) in [7, 11) is 3.94. The van der Waals surface area contributed by atoms with Crippen LogP contribution in [0.25, 0.3) is 0 Å². The van der Waals surface area contributed by atoms with Gasteiger partial charge in [-0.15, -0.1) is 0 Å². The smallest absolute Gasteiger partial charge is 0.252 e. The molecule has 0 aliphatic heterocycles. The maximum Gasteiger partial charge on any atom is 0.252 e. The number of benzene rings is 2. The zero-order valence-electron chi connectivity index (χ0n) is 16.8. The summed E-state index contributed by atoms with van der Waals surface area (Å²) in [5.74, 6) is 0.666. The summed E-state index contributed by atoms with van der Waals surface area (Å²) in [5.41, 5.74) is 3.30. The first kappa shape index (κ1) is 20.4. The highest BCUT2D eigenvalue weighted by molar-refractivity contribution is 5.94. The van der Waals surface area contributed by atoms with Crippen molar-refractivity contribution in [3.8, 4) is 5.75 Å². The van der Waals surface area contributed by atoms with E-state index in [0.717, 1.165) is 29.2 Å². The minimum absolute atomic E-state index is 0.132. The van der Waals surface area contributed by atoms with Crippen LogP contribution >= 0.6 is 0 Å². The molecule has 0 atom stereocenters. The molecule has 0 saturated heterocycles. The normalized spacial score (nSPS) is 10.6. The second-order valence-corrected chi connectivity index (χ2v) is 6.95. The lowest BCUT2D eigenvalue weighted by Crippen LogP contribution is -2.31. The molecule has 29 heavy (non-hydrogen) atoms. The molecule has 0 aliphatic rings. The lowest BCUT2D eigenvalue weighted by atomic mass is 10.2. The second kappa shape index (κ2) is 10.2. The summed E-state index contributed by atoms with van der Waals surface area (Å²) in [6, 6.07) is 19.5. The molecule has 6 heteroatoms. The van der Waals surface area contributed by atoms with E-state index in [2.05, 4.69) is 15.6 Å². The molecule has 0 spiro atoms. The highest BCUT2D eigenvalue weighted by Gasteiger charge is 2.07. The van der Waals surface area contributed by atoms with Crippen molar-refractivity contribution in [2.45, 2.75) is 6.61 Å². The molecule has 2 aromatic carbocycles. The van der Waals surface area contributed by atoms with E-state index in [4.69, 9.17) is 4.74 Å². The molecule has 2 N–H and O–H groups in total. The van der Waals surface area contributed by atoms with Crippen LogP contribution in [-0.2, 0) is 6.61 Å². The number of hydrogen-bond donors (Lipinski definition) is 2. The van der Waals surface area contributed by atoms with Crippen LogP contribution in [-0.4, -0.2) is 43.0 Å². The third-order valence-corrected chi connectivity index (χ3v) is 4.24. The summed E-state index contributed by atoms with van der Waals surface area (Å²) < 4.78 is 5.81. The van der Waals surface area contributed by atoms with Gasteiger partial charge in [0.2, 0.25) is 0 Å². The van der Waals surface area contributed by atoms with Crippen LogP contribution in [0.5, 0.6) is 5.75 Å². The van der Waals surface area contributed by atoms with Crippen molar-refractivity contribution in [3.63, 3.8) is 0 Å². The number of nitrogens with one attached hydrogen (secondary N) is 2. The van der Waals surface area contributed by atoms with E-state index in [0.29, 0.717) is 18.7 Å². The number of rotatable bonds is 9. The molecule has 0 fully saturated rings. The van der Waals surface area contributed by atoms with Gasteiger partial charge in [-0.05, 0) is 50.0 Å². The Kier molecular flexibility index (Phi) is 7.19. The number of hydrogen-bond acceptors (Lipinski definition) is 5. The van der Waals surface area contributed by atoms with Gasteiger partial charge in [-0.2, -0.15) is 0 Å². The average molecular weight is 390 g/mol. The Morgan fingerprint density at radius 3 is 2.48 bits per heavy atom. The third-order valence-electron chi connectivity index (χ3n) is 4.24. The maximum atomic E-state index is 12.3. The summed E-state index contributed by atoms with van der Waals surface area (Å²) in [4.78, 5) is 18.4. The molecule has 0 bridgehead atoms. The molecule has 0 saturated carbocycles. The minimum Gasteiger partial charge on any atom is -0.489 e. The van der Waals surface area contributed by atoms with Gasteiger partial charge in [0, 0.05) is 25.0 Å². The van der Waals surface area contributed by atoms with Gasteiger partial charge in [0.25, 0.3) is 5.91 Å². The van der Waals surface area contributed by atoms with E-state index in [9.17, 15) is 4.79 Å². The van der Waals surface area contributed by atoms with Crippen LogP contribution < -0.4 is 15.4 Å². The number of anilines is 2. The monoisotopic (exact) mass is 390 g/mol. The molecule has 1 amide bonds. The standard InChI is InChI=1S/C23H26N4O2/c1-27(2)13-12-25-23(28)19-14-21(16-24-15-19)26-20-8-10-22(11-9-20)29-17-18-6-4-3-5-7-18/h3-11,14-16,26H,12-13,17H2,1-2H3,(H,25,28). The fourth-order valence-electron chi connectivity index (χ4n) is 2.67. The minimum atomic E-state index is -0.132. The number of nitrogens with zero attached hydrogens (tertiary/aromatic N) is 2. The third kappa shape index (κ3) is 6.62. The van der Waals surface area contributed by atoms with Gasteiger partial charge in [-0.1, -0.05) is 30.3 Å². The van der Waals surface area contributed by atoms with Gasteiger partial charge < -0.3 is 20.3 Å². The highest BCUT2D eigenvalue weighted by atomic mass is 16.5. The van der Waals surface area contributed by atoms with E-state index in [-0.39, 0.29) is 5.91 Å². The fourth-order valence-corrected chi connectivity index (χ4v) is 2.67. The van der Waals surface area contributed by atoms with E-state index < -0.39 is 0 Å². The van der Waals surface area contributed by atoms with Gasteiger partial charge in [0.1, 0.15) is 12.4 Å². The number of likely N-dealkylation sites (N-methyl/N-ethyl adjacent to an activating group) is 1. The van der Waals surface area contributed by atoms with Crippen LogP contribution in [0, 0.1) is 0 Å². The first-order chi connectivity index (χ1) is 14.1.